The summed E-state index contributed by atoms with van der Waals surface area (Å²) in [5.74, 6) is -0.988. The van der Waals surface area contributed by atoms with E-state index < -0.39 is 24.1 Å². The Labute approximate surface area is 127 Å². The van der Waals surface area contributed by atoms with Crippen molar-refractivity contribution in [3.05, 3.63) is 35.9 Å². The summed E-state index contributed by atoms with van der Waals surface area (Å²) in [6.45, 7) is -0.0631. The van der Waals surface area contributed by atoms with Crippen molar-refractivity contribution >= 4 is 18.0 Å². The smallest absolute Gasteiger partial charge is 0.413 e. The molecular formula is C15H17NO6. The molecule has 0 spiro atoms. The summed E-state index contributed by atoms with van der Waals surface area (Å²) in [5, 5.41) is 0. The van der Waals surface area contributed by atoms with E-state index in [1.807, 2.05) is 30.3 Å². The second-order valence-corrected chi connectivity index (χ2v) is 4.73. The molecule has 2 rings (SSSR count). The van der Waals surface area contributed by atoms with Crippen LogP contribution in [-0.4, -0.2) is 42.8 Å². The Hall–Kier alpha value is -2.57. The summed E-state index contributed by atoms with van der Waals surface area (Å²) >= 11 is 0. The Kier molecular flexibility index (Phi) is 5.35. The van der Waals surface area contributed by atoms with Crippen molar-refractivity contribution in [2.24, 2.45) is 0 Å². The van der Waals surface area contributed by atoms with Gasteiger partial charge in [-0.05, 0) is 12.0 Å². The lowest BCUT2D eigenvalue weighted by atomic mass is 10.1. The van der Waals surface area contributed by atoms with E-state index in [2.05, 4.69) is 4.74 Å². The lowest BCUT2D eigenvalue weighted by Gasteiger charge is -2.19. The maximum Gasteiger partial charge on any atom is 0.413 e. The van der Waals surface area contributed by atoms with Gasteiger partial charge in [-0.25, -0.2) is 9.59 Å². The van der Waals surface area contributed by atoms with Crippen LogP contribution in [0.15, 0.2) is 30.3 Å². The topological polar surface area (TPSA) is 82.1 Å². The normalized spacial score (nSPS) is 17.0. The third kappa shape index (κ3) is 3.97. The number of methoxy groups -OCH3 is 1. The molecule has 0 saturated carbocycles. The highest BCUT2D eigenvalue weighted by Crippen LogP contribution is 2.18. The third-order valence-corrected chi connectivity index (χ3v) is 3.28. The lowest BCUT2D eigenvalue weighted by Crippen LogP contribution is -2.38. The van der Waals surface area contributed by atoms with Crippen molar-refractivity contribution in [3.8, 4) is 0 Å². The zero-order chi connectivity index (χ0) is 15.9. The van der Waals surface area contributed by atoms with E-state index in [9.17, 15) is 14.4 Å². The predicted molar refractivity (Wildman–Crippen MR) is 74.5 cm³/mol. The van der Waals surface area contributed by atoms with E-state index in [0.29, 0.717) is 0 Å². The quantitative estimate of drug-likeness (QED) is 0.605. The number of ether oxygens (including phenoxy) is 3. The molecule has 7 heteroatoms. The SMILES string of the molecule is COC(=O)CC[C@H]1C(=O)OCN1C(=O)OCc1ccccc1. The molecule has 0 bridgehead atoms. The largest absolute Gasteiger partial charge is 0.469 e. The zero-order valence-corrected chi connectivity index (χ0v) is 12.2. The first-order valence-electron chi connectivity index (χ1n) is 6.82. The van der Waals surface area contributed by atoms with Crippen molar-refractivity contribution in [1.82, 2.24) is 4.90 Å². The van der Waals surface area contributed by atoms with Gasteiger partial charge in [-0.15, -0.1) is 0 Å². The van der Waals surface area contributed by atoms with Gasteiger partial charge >= 0.3 is 18.0 Å². The van der Waals surface area contributed by atoms with E-state index in [0.717, 1.165) is 5.56 Å². The minimum absolute atomic E-state index is 0.0265. The Morgan fingerprint density at radius 3 is 2.73 bits per heavy atom. The molecule has 118 valence electrons. The molecule has 1 aliphatic heterocycles. The second-order valence-electron chi connectivity index (χ2n) is 4.73. The van der Waals surface area contributed by atoms with Gasteiger partial charge in [0.1, 0.15) is 12.6 Å². The van der Waals surface area contributed by atoms with Crippen LogP contribution >= 0.6 is 0 Å². The molecule has 1 saturated heterocycles. The average Bonchev–Trinajstić information content (AvgIpc) is 2.92. The molecule has 1 aromatic carbocycles. The van der Waals surface area contributed by atoms with Crippen LogP contribution in [0, 0.1) is 0 Å². The molecule has 0 radical (unpaired) electrons. The zero-order valence-electron chi connectivity index (χ0n) is 12.2. The minimum atomic E-state index is -0.817. The predicted octanol–water partition coefficient (Wildman–Crippen LogP) is 1.46. The molecule has 1 amide bonds. The number of esters is 2. The minimum Gasteiger partial charge on any atom is -0.469 e. The molecule has 1 aromatic rings. The van der Waals surface area contributed by atoms with Gasteiger partial charge in [-0.1, -0.05) is 30.3 Å². The Bertz CT molecular complexity index is 544. The fourth-order valence-corrected chi connectivity index (χ4v) is 2.06. The Morgan fingerprint density at radius 2 is 2.05 bits per heavy atom. The Morgan fingerprint density at radius 1 is 1.32 bits per heavy atom. The van der Waals surface area contributed by atoms with Crippen LogP contribution in [-0.2, 0) is 30.4 Å². The summed E-state index contributed by atoms with van der Waals surface area (Å²) in [6.07, 6.45) is -0.477. The number of nitrogens with zero attached hydrogens (tertiary/aromatic N) is 1. The van der Waals surface area contributed by atoms with Gasteiger partial charge in [0, 0.05) is 6.42 Å². The van der Waals surface area contributed by atoms with Gasteiger partial charge in [0.25, 0.3) is 0 Å². The van der Waals surface area contributed by atoms with Gasteiger partial charge in [0.05, 0.1) is 7.11 Å². The first kappa shape index (κ1) is 15.8. The maximum atomic E-state index is 12.0. The van der Waals surface area contributed by atoms with Gasteiger partial charge in [0.15, 0.2) is 6.73 Å². The van der Waals surface area contributed by atoms with Gasteiger partial charge in [-0.3, -0.25) is 9.69 Å². The number of benzene rings is 1. The highest BCUT2D eigenvalue weighted by Gasteiger charge is 2.38. The molecular weight excluding hydrogens is 290 g/mol. The van der Waals surface area contributed by atoms with Gasteiger partial charge < -0.3 is 14.2 Å². The fraction of sp³-hybridized carbons (Fsp3) is 0.400. The molecule has 1 heterocycles. The van der Waals surface area contributed by atoms with E-state index in [-0.39, 0.29) is 26.2 Å². The van der Waals surface area contributed by atoms with Crippen molar-refractivity contribution in [2.75, 3.05) is 13.8 Å². The first-order chi connectivity index (χ1) is 10.6. The van der Waals surface area contributed by atoms with E-state index in [1.54, 1.807) is 0 Å². The second kappa shape index (κ2) is 7.44. The number of carbonyl (C=O) groups is 3. The van der Waals surface area contributed by atoms with Gasteiger partial charge in [0.2, 0.25) is 0 Å². The van der Waals surface area contributed by atoms with Gasteiger partial charge in [-0.2, -0.15) is 0 Å². The summed E-state index contributed by atoms with van der Waals surface area (Å²) in [4.78, 5) is 36.0. The monoisotopic (exact) mass is 307 g/mol. The highest BCUT2D eigenvalue weighted by molar-refractivity contribution is 5.84. The molecule has 0 aliphatic carbocycles. The van der Waals surface area contributed by atoms with E-state index in [1.165, 1.54) is 12.0 Å². The number of hydrogen-bond donors (Lipinski definition) is 0. The summed E-state index contributed by atoms with van der Waals surface area (Å²) in [7, 11) is 1.27. The van der Waals surface area contributed by atoms with E-state index in [4.69, 9.17) is 9.47 Å². The molecule has 7 nitrogen and oxygen atoms in total. The molecule has 1 fully saturated rings. The van der Waals surface area contributed by atoms with Crippen molar-refractivity contribution < 1.29 is 28.6 Å². The van der Waals surface area contributed by atoms with Crippen LogP contribution in [0.25, 0.3) is 0 Å². The maximum absolute atomic E-state index is 12.0. The van der Waals surface area contributed by atoms with Crippen LogP contribution in [0.5, 0.6) is 0 Å². The fourth-order valence-electron chi connectivity index (χ4n) is 2.06. The van der Waals surface area contributed by atoms with Crippen LogP contribution in [0.2, 0.25) is 0 Å². The van der Waals surface area contributed by atoms with Crippen LogP contribution in [0.1, 0.15) is 18.4 Å². The molecule has 0 unspecified atom stereocenters. The molecule has 0 aromatic heterocycles. The first-order valence-corrected chi connectivity index (χ1v) is 6.82. The Balaban J connectivity index is 1.89. The highest BCUT2D eigenvalue weighted by atomic mass is 16.6. The average molecular weight is 307 g/mol. The number of rotatable bonds is 5. The number of cyclic esters (lactones) is 1. The lowest BCUT2D eigenvalue weighted by molar-refractivity contribution is -0.141. The number of amides is 1. The van der Waals surface area contributed by atoms with Crippen molar-refractivity contribution in [1.29, 1.82) is 0 Å². The molecule has 22 heavy (non-hydrogen) atoms. The standard InChI is InChI=1S/C15H17NO6/c1-20-13(17)8-7-12-14(18)22-10-16(12)15(19)21-9-11-5-3-2-4-6-11/h2-6,12H,7-10H2,1H3/t12-/m0/s1. The number of hydrogen-bond acceptors (Lipinski definition) is 6. The van der Waals surface area contributed by atoms with Crippen molar-refractivity contribution in [3.63, 3.8) is 0 Å². The van der Waals surface area contributed by atoms with Crippen LogP contribution < -0.4 is 0 Å². The van der Waals surface area contributed by atoms with Crippen LogP contribution in [0.3, 0.4) is 0 Å². The third-order valence-electron chi connectivity index (χ3n) is 3.28. The van der Waals surface area contributed by atoms with Crippen LogP contribution in [0.4, 0.5) is 4.79 Å². The molecule has 1 atom stereocenters. The van der Waals surface area contributed by atoms with Crippen molar-refractivity contribution in [2.45, 2.75) is 25.5 Å². The number of carbonyl (C=O) groups excluding carboxylic acids is 3. The van der Waals surface area contributed by atoms with E-state index >= 15 is 0 Å². The summed E-state index contributed by atoms with van der Waals surface area (Å²) < 4.78 is 14.5. The summed E-state index contributed by atoms with van der Waals surface area (Å²) in [6, 6.07) is 8.38. The summed E-state index contributed by atoms with van der Waals surface area (Å²) in [5.41, 5.74) is 0.841. The molecule has 0 N–H and O–H groups in total. The molecule has 1 aliphatic rings.